The number of aromatic amines is 2. The fourth-order valence-electron chi connectivity index (χ4n) is 2.98. The van der Waals surface area contributed by atoms with Crippen LogP contribution >= 0.6 is 11.6 Å². The van der Waals surface area contributed by atoms with Gasteiger partial charge in [-0.3, -0.25) is 0 Å². The molecule has 0 radical (unpaired) electrons. The first-order valence-electron chi connectivity index (χ1n) is 7.21. The summed E-state index contributed by atoms with van der Waals surface area (Å²) in [6.45, 7) is 0. The summed E-state index contributed by atoms with van der Waals surface area (Å²) >= 11 is 6.10. The highest BCUT2D eigenvalue weighted by Gasteiger charge is 2.12. The minimum absolute atomic E-state index is 0.203. The number of para-hydroxylation sites is 1. The van der Waals surface area contributed by atoms with E-state index in [1.165, 1.54) is 0 Å². The molecule has 5 heteroatoms. The fourth-order valence-corrected chi connectivity index (χ4v) is 3.16. The van der Waals surface area contributed by atoms with Crippen molar-refractivity contribution in [3.63, 3.8) is 0 Å². The summed E-state index contributed by atoms with van der Waals surface area (Å²) in [5.74, 6) is -0.953. The van der Waals surface area contributed by atoms with Crippen molar-refractivity contribution in [3.8, 4) is 0 Å². The maximum atomic E-state index is 11.2. The van der Waals surface area contributed by atoms with Crippen LogP contribution in [0.1, 0.15) is 21.6 Å². The molecule has 2 aromatic carbocycles. The molecule has 114 valence electrons. The third-order valence-electron chi connectivity index (χ3n) is 4.08. The lowest BCUT2D eigenvalue weighted by atomic mass is 10.0. The van der Waals surface area contributed by atoms with E-state index in [0.717, 1.165) is 32.9 Å². The summed E-state index contributed by atoms with van der Waals surface area (Å²) in [7, 11) is 0. The molecule has 0 aliphatic heterocycles. The van der Waals surface area contributed by atoms with Crippen molar-refractivity contribution >= 4 is 39.4 Å². The van der Waals surface area contributed by atoms with Gasteiger partial charge in [-0.25, -0.2) is 4.79 Å². The summed E-state index contributed by atoms with van der Waals surface area (Å²) in [4.78, 5) is 17.4. The Hall–Kier alpha value is -2.72. The summed E-state index contributed by atoms with van der Waals surface area (Å²) in [6.07, 6.45) is 2.66. The van der Waals surface area contributed by atoms with Crippen LogP contribution in [0.4, 0.5) is 0 Å². The number of hydrogen-bond acceptors (Lipinski definition) is 1. The molecule has 0 saturated heterocycles. The molecule has 3 N–H and O–H groups in total. The minimum atomic E-state index is -0.953. The van der Waals surface area contributed by atoms with Crippen LogP contribution in [0.25, 0.3) is 21.8 Å². The molecule has 0 unspecified atom stereocenters. The van der Waals surface area contributed by atoms with Crippen molar-refractivity contribution in [3.05, 3.63) is 70.5 Å². The number of aromatic carboxylic acids is 1. The second-order valence-electron chi connectivity index (χ2n) is 5.55. The Morgan fingerprint density at radius 1 is 1.13 bits per heavy atom. The van der Waals surface area contributed by atoms with Gasteiger partial charge in [0.25, 0.3) is 0 Å². The second kappa shape index (κ2) is 5.18. The average molecular weight is 325 g/mol. The highest BCUT2D eigenvalue weighted by molar-refractivity contribution is 6.31. The van der Waals surface area contributed by atoms with Gasteiger partial charge in [0.2, 0.25) is 0 Å². The van der Waals surface area contributed by atoms with Gasteiger partial charge < -0.3 is 15.1 Å². The van der Waals surface area contributed by atoms with Crippen molar-refractivity contribution in [2.75, 3.05) is 0 Å². The van der Waals surface area contributed by atoms with Crippen LogP contribution in [-0.2, 0) is 6.42 Å². The molecule has 0 aliphatic carbocycles. The monoisotopic (exact) mass is 324 g/mol. The lowest BCUT2D eigenvalue weighted by Crippen LogP contribution is -1.95. The number of carboxylic acids is 1. The van der Waals surface area contributed by atoms with E-state index >= 15 is 0 Å². The van der Waals surface area contributed by atoms with Gasteiger partial charge in [0.05, 0.1) is 0 Å². The first-order chi connectivity index (χ1) is 11.1. The zero-order valence-electron chi connectivity index (χ0n) is 12.1. The van der Waals surface area contributed by atoms with Gasteiger partial charge in [-0.2, -0.15) is 0 Å². The standard InChI is InChI=1S/C18H13ClN2O2/c19-13-4-5-15-14(8-13)12(9-20-15)6-10-2-1-3-11-7-16(18(22)23)21-17(10)11/h1-5,7-9,20-21H,6H2,(H,22,23). The minimum Gasteiger partial charge on any atom is -0.477 e. The molecule has 4 aromatic rings. The lowest BCUT2D eigenvalue weighted by Gasteiger charge is -2.03. The Kier molecular flexibility index (Phi) is 3.13. The molecule has 0 fully saturated rings. The topological polar surface area (TPSA) is 68.9 Å². The molecule has 0 bridgehead atoms. The number of benzene rings is 2. The highest BCUT2D eigenvalue weighted by atomic mass is 35.5. The zero-order valence-corrected chi connectivity index (χ0v) is 12.8. The number of nitrogens with one attached hydrogen (secondary N) is 2. The number of halogens is 1. The van der Waals surface area contributed by atoms with Crippen molar-refractivity contribution < 1.29 is 9.90 Å². The maximum absolute atomic E-state index is 11.2. The Morgan fingerprint density at radius 3 is 2.83 bits per heavy atom. The van der Waals surface area contributed by atoms with Gasteiger partial charge in [0.1, 0.15) is 5.69 Å². The molecule has 0 saturated carbocycles. The normalized spacial score (nSPS) is 11.3. The van der Waals surface area contributed by atoms with Crippen molar-refractivity contribution in [2.24, 2.45) is 0 Å². The number of hydrogen-bond donors (Lipinski definition) is 3. The van der Waals surface area contributed by atoms with E-state index in [9.17, 15) is 4.79 Å². The van der Waals surface area contributed by atoms with Crippen LogP contribution in [0.5, 0.6) is 0 Å². The smallest absolute Gasteiger partial charge is 0.352 e. The number of H-pyrrole nitrogens is 2. The van der Waals surface area contributed by atoms with Crippen LogP contribution in [-0.4, -0.2) is 21.0 Å². The van der Waals surface area contributed by atoms with Gasteiger partial charge in [-0.1, -0.05) is 29.8 Å². The molecule has 0 aliphatic rings. The van der Waals surface area contributed by atoms with E-state index in [0.29, 0.717) is 11.4 Å². The van der Waals surface area contributed by atoms with Crippen LogP contribution in [0.3, 0.4) is 0 Å². The summed E-state index contributed by atoms with van der Waals surface area (Å²) < 4.78 is 0. The molecular weight excluding hydrogens is 312 g/mol. The van der Waals surface area contributed by atoms with Crippen molar-refractivity contribution in [2.45, 2.75) is 6.42 Å². The highest BCUT2D eigenvalue weighted by Crippen LogP contribution is 2.27. The van der Waals surface area contributed by atoms with E-state index in [4.69, 9.17) is 16.7 Å². The maximum Gasteiger partial charge on any atom is 0.352 e. The van der Waals surface area contributed by atoms with Crippen LogP contribution in [0.15, 0.2) is 48.7 Å². The van der Waals surface area contributed by atoms with Gasteiger partial charge in [0.15, 0.2) is 0 Å². The predicted molar refractivity (Wildman–Crippen MR) is 91.4 cm³/mol. The van der Waals surface area contributed by atoms with E-state index in [2.05, 4.69) is 9.97 Å². The Morgan fingerprint density at radius 2 is 2.00 bits per heavy atom. The van der Waals surface area contributed by atoms with Gasteiger partial charge in [-0.15, -0.1) is 0 Å². The first-order valence-corrected chi connectivity index (χ1v) is 7.59. The third-order valence-corrected chi connectivity index (χ3v) is 4.32. The molecule has 0 atom stereocenters. The molecule has 4 rings (SSSR count). The van der Waals surface area contributed by atoms with Gasteiger partial charge in [-0.05, 0) is 35.4 Å². The van der Waals surface area contributed by atoms with E-state index < -0.39 is 5.97 Å². The van der Waals surface area contributed by atoms with Crippen molar-refractivity contribution in [1.29, 1.82) is 0 Å². The van der Waals surface area contributed by atoms with Gasteiger partial charge in [0, 0.05) is 39.4 Å². The zero-order chi connectivity index (χ0) is 16.0. The first kappa shape index (κ1) is 13.9. The summed E-state index contributed by atoms with van der Waals surface area (Å²) in [5, 5.41) is 11.8. The number of rotatable bonds is 3. The van der Waals surface area contributed by atoms with E-state index in [-0.39, 0.29) is 5.69 Å². The third kappa shape index (κ3) is 2.37. The SMILES string of the molecule is O=C(O)c1cc2cccc(Cc3c[nH]c4ccc(Cl)cc34)c2[nH]1. The molecular formula is C18H13ClN2O2. The predicted octanol–water partition coefficient (Wildman–Crippen LogP) is 4.59. The van der Waals surface area contributed by atoms with E-state index in [1.54, 1.807) is 6.07 Å². The largest absolute Gasteiger partial charge is 0.477 e. The van der Waals surface area contributed by atoms with Crippen molar-refractivity contribution in [1.82, 2.24) is 9.97 Å². The molecule has 0 spiro atoms. The molecule has 0 amide bonds. The molecule has 2 aromatic heterocycles. The lowest BCUT2D eigenvalue weighted by molar-refractivity contribution is 0.0691. The molecule has 2 heterocycles. The van der Waals surface area contributed by atoms with Crippen LogP contribution < -0.4 is 0 Å². The Balaban J connectivity index is 1.82. The number of fused-ring (bicyclic) bond motifs is 2. The molecule has 23 heavy (non-hydrogen) atoms. The van der Waals surface area contributed by atoms with Gasteiger partial charge >= 0.3 is 5.97 Å². The number of carboxylic acid groups (broad SMARTS) is 1. The second-order valence-corrected chi connectivity index (χ2v) is 5.99. The number of aromatic nitrogens is 2. The molecule has 4 nitrogen and oxygen atoms in total. The Labute approximate surface area is 136 Å². The quantitative estimate of drug-likeness (QED) is 0.516. The number of carbonyl (C=O) groups is 1. The van der Waals surface area contributed by atoms with Crippen LogP contribution in [0, 0.1) is 0 Å². The summed E-state index contributed by atoms with van der Waals surface area (Å²) in [6, 6.07) is 13.3. The summed E-state index contributed by atoms with van der Waals surface area (Å²) in [5.41, 5.74) is 4.28. The van der Waals surface area contributed by atoms with Crippen LogP contribution in [0.2, 0.25) is 5.02 Å². The average Bonchev–Trinajstić information content (AvgIpc) is 3.12. The Bertz CT molecular complexity index is 1050. The van der Waals surface area contributed by atoms with E-state index in [1.807, 2.05) is 42.6 Å². The fraction of sp³-hybridized carbons (Fsp3) is 0.0556.